The molecule has 0 aromatic heterocycles. The molecule has 121 heavy (non-hydrogen) atoms. The van der Waals surface area contributed by atoms with Gasteiger partial charge in [0.25, 0.3) is 0 Å². The smallest absolute Gasteiger partial charge is 0.326 e. The Morgan fingerprint density at radius 3 is 1.17 bits per heavy atom. The highest BCUT2D eigenvalue weighted by atomic mass is 35.5. The number of likely N-dealkylation sites (N-methyl/N-ethyl adjacent to an activating group) is 3. The number of carbonyl (C=O) groups is 6. The third kappa shape index (κ3) is 30.1. The number of nitrogens with one attached hydrogen (secondary N) is 8. The summed E-state index contributed by atoms with van der Waals surface area (Å²) < 4.78 is 122. The Labute approximate surface area is 735 Å². The second-order valence-electron chi connectivity index (χ2n) is 29.5. The average Bonchev–Trinajstić information content (AvgIpc) is 0.784. The number of ether oxygens (including phenoxy) is 6. The summed E-state index contributed by atoms with van der Waals surface area (Å²) in [4.78, 5) is 85.1. The van der Waals surface area contributed by atoms with Crippen molar-refractivity contribution in [1.29, 1.82) is 0 Å². The van der Waals surface area contributed by atoms with E-state index >= 15 is 0 Å². The van der Waals surface area contributed by atoms with Crippen LogP contribution in [0.15, 0.2) is 124 Å². The van der Waals surface area contributed by atoms with Crippen molar-refractivity contribution in [3.8, 4) is 0 Å². The molecule has 4 atom stereocenters. The molecule has 3 aliphatic rings. The molecule has 9 rings (SSSR count). The first-order chi connectivity index (χ1) is 57.7. The number of sulfonamides is 3. The monoisotopic (exact) mass is 1860 g/mol. The maximum atomic E-state index is 13.8. The lowest BCUT2D eigenvalue weighted by Crippen LogP contribution is -2.56. The number of fused-ring (bicyclic) bond motifs is 3. The largest absolute Gasteiger partial charge is 0.481 e. The van der Waals surface area contributed by atoms with E-state index in [2.05, 4.69) is 55.4 Å². The van der Waals surface area contributed by atoms with Gasteiger partial charge in [0.05, 0.1) is 106 Å². The van der Waals surface area contributed by atoms with Gasteiger partial charge >= 0.3 is 18.0 Å². The van der Waals surface area contributed by atoms with Gasteiger partial charge in [0.2, 0.25) is 47.8 Å². The lowest BCUT2D eigenvalue weighted by molar-refractivity contribution is -0.145. The normalized spacial score (nSPS) is 16.2. The van der Waals surface area contributed by atoms with Crippen molar-refractivity contribution in [3.63, 3.8) is 0 Å². The number of amides is 5. The molecule has 0 bridgehead atoms. The number of benzene rings is 6. The highest BCUT2D eigenvalue weighted by molar-refractivity contribution is 7.90. The fraction of sp³-hybridized carbons (Fsp3) is 0.481. The number of hydrogen-bond donors (Lipinski definition) is 10. The number of nitrogens with zero attached hydrogens (tertiary/aromatic N) is 3. The lowest BCUT2D eigenvalue weighted by Gasteiger charge is -2.35. The minimum Gasteiger partial charge on any atom is -0.481 e. The van der Waals surface area contributed by atoms with Crippen LogP contribution in [0.3, 0.4) is 0 Å². The molecule has 0 saturated carbocycles. The molecule has 6 aromatic carbocycles. The Balaban J connectivity index is 0.730. The van der Waals surface area contributed by atoms with E-state index in [0.29, 0.717) is 69.3 Å². The van der Waals surface area contributed by atoms with Crippen molar-refractivity contribution < 1.29 is 92.7 Å². The summed E-state index contributed by atoms with van der Waals surface area (Å²) in [5.74, 6) is -5.23. The molecular weight excluding hydrogens is 1760 g/mol. The molecule has 0 aliphatic carbocycles. The predicted octanol–water partition coefficient (Wildman–Crippen LogP) is 8.33. The van der Waals surface area contributed by atoms with E-state index in [1.54, 1.807) is 54.6 Å². The summed E-state index contributed by atoms with van der Waals surface area (Å²) in [5.41, 5.74) is 6.26. The Kier molecular flexibility index (Phi) is 38.3. The average molecular weight is 1860 g/mol. The molecule has 10 N–H and O–H groups in total. The molecule has 40 heteroatoms. The topological polar surface area (TPSA) is 407 Å². The maximum Gasteiger partial charge on any atom is 0.326 e. The minimum absolute atomic E-state index is 0.00144. The summed E-state index contributed by atoms with van der Waals surface area (Å²) in [5, 5.41) is 35.4. The summed E-state index contributed by atoms with van der Waals surface area (Å²) >= 11 is 38.9. The van der Waals surface area contributed by atoms with Gasteiger partial charge in [-0.1, -0.05) is 106 Å². The number of rotatable bonds is 50. The van der Waals surface area contributed by atoms with E-state index in [1.165, 1.54) is 18.2 Å². The summed E-state index contributed by atoms with van der Waals surface area (Å²) in [7, 11) is -5.99. The zero-order valence-corrected chi connectivity index (χ0v) is 74.2. The van der Waals surface area contributed by atoms with Gasteiger partial charge < -0.3 is 75.0 Å². The minimum atomic E-state index is -3.96. The van der Waals surface area contributed by atoms with Crippen LogP contribution in [-0.4, -0.2) is 257 Å². The van der Waals surface area contributed by atoms with Crippen LogP contribution in [0, 0.1) is 0 Å². The van der Waals surface area contributed by atoms with E-state index in [-0.39, 0.29) is 190 Å². The number of carbonyl (C=O) groups excluding carboxylic acids is 4. The van der Waals surface area contributed by atoms with Crippen LogP contribution >= 0.6 is 69.6 Å². The second-order valence-corrected chi connectivity index (χ2v) is 37.3. The first kappa shape index (κ1) is 97.9. The number of urea groups is 1. The van der Waals surface area contributed by atoms with Gasteiger partial charge in [0.15, 0.2) is 0 Å². The molecule has 0 radical (unpaired) electrons. The Morgan fingerprint density at radius 1 is 0.455 bits per heavy atom. The van der Waals surface area contributed by atoms with Gasteiger partial charge in [-0.05, 0) is 170 Å². The van der Waals surface area contributed by atoms with Crippen LogP contribution < -0.4 is 40.8 Å². The SMILES string of the molecule is CN1Cc2c(Cl)cc(Cl)cc2[C@H](c2cccc(S(=O)(=O)NCCOCCOCCNC(=O)CCC(CCC(=O)NCCOCCOCCNS(=O)(=O)c3cccc([C@@H]4CN(C)Cc5c(Cl)cc(Cl)cc54)c3)(CCC(=O)NCCOCCOCCNS(=O)(=O)c3cccc([C@H]4c5cc(Cl)cc(Cl)c5CCN4C)c3)NC(=O)N[C@@H](CC(=O)O)C(=O)O)c2)C1. The number of aliphatic carboxylic acids is 2. The highest BCUT2D eigenvalue weighted by Crippen LogP contribution is 2.43. The summed E-state index contributed by atoms with van der Waals surface area (Å²) in [6.45, 7) is 3.40. The molecule has 3 aliphatic heterocycles. The zero-order valence-electron chi connectivity index (χ0n) is 67.2. The molecule has 0 saturated heterocycles. The molecular formula is C81H103Cl6N11O20S3. The third-order valence-corrected chi connectivity index (χ3v) is 26.6. The summed E-state index contributed by atoms with van der Waals surface area (Å²) in [6, 6.07) is 27.3. The van der Waals surface area contributed by atoms with E-state index < -0.39 is 83.8 Å². The molecule has 31 nitrogen and oxygen atoms in total. The molecule has 3 heterocycles. The van der Waals surface area contributed by atoms with Gasteiger partial charge in [-0.25, -0.2) is 49.0 Å². The quantitative estimate of drug-likeness (QED) is 0.0160. The Bertz CT molecular complexity index is 4750. The van der Waals surface area contributed by atoms with Gasteiger partial charge in [-0.2, -0.15) is 0 Å². The first-order valence-corrected chi connectivity index (χ1v) is 46.0. The highest BCUT2D eigenvalue weighted by Gasteiger charge is 2.37. The lowest BCUT2D eigenvalue weighted by atomic mass is 9.83. The number of carboxylic acids is 2. The van der Waals surface area contributed by atoms with Crippen LogP contribution in [0.4, 0.5) is 4.79 Å². The number of hydrogen-bond acceptors (Lipinski definition) is 21. The van der Waals surface area contributed by atoms with Crippen LogP contribution in [0.5, 0.6) is 0 Å². The van der Waals surface area contributed by atoms with Gasteiger partial charge in [-0.3, -0.25) is 24.1 Å². The molecule has 0 spiro atoms. The second kappa shape index (κ2) is 47.4. The van der Waals surface area contributed by atoms with Crippen molar-refractivity contribution >= 4 is 135 Å². The molecule has 5 amide bonds. The predicted molar refractivity (Wildman–Crippen MR) is 459 cm³/mol. The number of halogens is 6. The van der Waals surface area contributed by atoms with Gasteiger partial charge in [0, 0.05) is 139 Å². The van der Waals surface area contributed by atoms with Gasteiger partial charge in [0.1, 0.15) is 6.04 Å². The fourth-order valence-electron chi connectivity index (χ4n) is 14.6. The van der Waals surface area contributed by atoms with E-state index in [4.69, 9.17) is 98.0 Å². The van der Waals surface area contributed by atoms with Crippen LogP contribution in [0.2, 0.25) is 30.1 Å². The Morgan fingerprint density at radius 2 is 0.802 bits per heavy atom. The standard InChI is InChI=1S/C81H103Cl6N11O20S3/c1-96-49-66(63-42-56(82)46-71(86)68(63)51-96)53-7-4-10-59(39-53)119(107,108)91-23-30-116-36-33-113-27-20-88-74(99)13-17-81(95-80(106)94-73(79(104)105)48-77(102)103,18-14-75(100)89-21-28-114-34-37-117-31-24-92-120(109,110)60-11-5-8-54(40-60)67-50-97(2)52-69-64(67)43-57(83)47-72(69)87)19-15-76(101)90-22-29-115-35-38-118-32-25-93-121(111,112)61-12-6-9-55(41-61)78-65-44-58(84)45-70(85)62(65)16-26-98(78)3/h4-12,39-47,66-67,73,78,91-93H,13-38,48-52H2,1-3H3,(H,88,99)(H,89,100)(H,90,101)(H,102,103)(H,104,105)(H2,94,95,106)/t66-,67-,73-,78-/m0/s1. The van der Waals surface area contributed by atoms with Crippen LogP contribution in [0.25, 0.3) is 0 Å². The van der Waals surface area contributed by atoms with Crippen molar-refractivity contribution in [2.24, 2.45) is 0 Å². The molecule has 0 unspecified atom stereocenters. The third-order valence-electron chi connectivity index (χ3n) is 20.5. The van der Waals surface area contributed by atoms with Crippen LogP contribution in [0.1, 0.15) is 113 Å². The first-order valence-electron chi connectivity index (χ1n) is 39.3. The molecule has 6 aromatic rings. The fourth-order valence-corrected chi connectivity index (χ4v) is 19.5. The molecule has 662 valence electrons. The van der Waals surface area contributed by atoms with Crippen molar-refractivity contribution in [2.75, 3.05) is 159 Å². The van der Waals surface area contributed by atoms with E-state index in [0.717, 1.165) is 50.1 Å². The van der Waals surface area contributed by atoms with E-state index in [1.807, 2.05) is 57.5 Å². The van der Waals surface area contributed by atoms with E-state index in [9.17, 15) is 64.2 Å². The zero-order chi connectivity index (χ0) is 87.4. The van der Waals surface area contributed by atoms with Gasteiger partial charge in [-0.15, -0.1) is 0 Å². The maximum absolute atomic E-state index is 13.8. The molecule has 0 fully saturated rings. The summed E-state index contributed by atoms with van der Waals surface area (Å²) in [6.07, 6.45) is -1.99. The van der Waals surface area contributed by atoms with Crippen molar-refractivity contribution in [1.82, 2.24) is 55.4 Å². The van der Waals surface area contributed by atoms with Crippen LogP contribution in [-0.2, 0) is 102 Å². The van der Waals surface area contributed by atoms with Crippen molar-refractivity contribution in [2.45, 2.75) is 109 Å². The number of carboxylic acid groups (broad SMARTS) is 2. The Hall–Kier alpha value is -6.95. The van der Waals surface area contributed by atoms with Crippen molar-refractivity contribution in [3.05, 3.63) is 189 Å².